The molecule has 2 N–H and O–H groups in total. The maximum absolute atomic E-state index is 12.8. The zero-order valence-electron chi connectivity index (χ0n) is 12.1. The van der Waals surface area contributed by atoms with Crippen molar-refractivity contribution in [1.29, 1.82) is 0 Å². The smallest absolute Gasteiger partial charge is 0.275 e. The highest BCUT2D eigenvalue weighted by molar-refractivity contribution is 7.25. The van der Waals surface area contributed by atoms with Gasteiger partial charge in [0.1, 0.15) is 21.6 Å². The van der Waals surface area contributed by atoms with Crippen molar-refractivity contribution < 1.29 is 5.11 Å². The second-order valence-electron chi connectivity index (χ2n) is 5.00. The molecule has 23 heavy (non-hydrogen) atoms. The van der Waals surface area contributed by atoms with Gasteiger partial charge in [-0.2, -0.15) is 0 Å². The number of aromatic hydroxyl groups is 1. The molecule has 0 aliphatic rings. The summed E-state index contributed by atoms with van der Waals surface area (Å²) in [5.41, 5.74) is 2.06. The summed E-state index contributed by atoms with van der Waals surface area (Å²) in [4.78, 5) is 22.4. The molecule has 4 aromatic rings. The van der Waals surface area contributed by atoms with Crippen molar-refractivity contribution in [2.75, 3.05) is 12.4 Å². The Morgan fingerprint density at radius 3 is 2.70 bits per heavy atom. The van der Waals surface area contributed by atoms with Crippen molar-refractivity contribution in [3.05, 3.63) is 53.2 Å². The van der Waals surface area contributed by atoms with Gasteiger partial charge >= 0.3 is 0 Å². The minimum Gasteiger partial charge on any atom is -0.508 e. The molecule has 4 rings (SSSR count). The number of fused-ring (bicyclic) bond motifs is 3. The highest BCUT2D eigenvalue weighted by atomic mass is 32.1. The van der Waals surface area contributed by atoms with Crippen molar-refractivity contribution in [1.82, 2.24) is 14.5 Å². The molecule has 6 nitrogen and oxygen atoms in total. The third-order valence-corrected chi connectivity index (χ3v) is 4.75. The molecule has 3 aromatic heterocycles. The van der Waals surface area contributed by atoms with Crippen LogP contribution in [-0.2, 0) is 0 Å². The summed E-state index contributed by atoms with van der Waals surface area (Å²) < 4.78 is 2.03. The molecule has 0 spiro atoms. The molecule has 1 aromatic carbocycles. The number of anilines is 1. The van der Waals surface area contributed by atoms with Crippen LogP contribution in [0.15, 0.2) is 47.7 Å². The molecule has 0 amide bonds. The summed E-state index contributed by atoms with van der Waals surface area (Å²) in [6.45, 7) is 0. The monoisotopic (exact) mass is 324 g/mol. The highest BCUT2D eigenvalue weighted by Gasteiger charge is 2.15. The minimum atomic E-state index is -0.147. The zero-order valence-corrected chi connectivity index (χ0v) is 13.0. The number of phenolic OH excluding ortho intramolecular Hbond substituents is 1. The van der Waals surface area contributed by atoms with E-state index in [0.29, 0.717) is 15.9 Å². The number of phenols is 1. The third-order valence-electron chi connectivity index (χ3n) is 3.68. The Kier molecular flexibility index (Phi) is 3.02. The Labute approximate surface area is 134 Å². The molecule has 0 aliphatic carbocycles. The Morgan fingerprint density at radius 2 is 1.96 bits per heavy atom. The van der Waals surface area contributed by atoms with E-state index in [2.05, 4.69) is 15.3 Å². The van der Waals surface area contributed by atoms with Crippen LogP contribution in [0.4, 0.5) is 5.69 Å². The summed E-state index contributed by atoms with van der Waals surface area (Å²) in [5, 5.41) is 13.4. The number of pyridine rings is 1. The van der Waals surface area contributed by atoms with Gasteiger partial charge in [-0.05, 0) is 30.3 Å². The van der Waals surface area contributed by atoms with Crippen LogP contribution in [0.1, 0.15) is 0 Å². The topological polar surface area (TPSA) is 80.0 Å². The lowest BCUT2D eigenvalue weighted by Gasteiger charge is -2.05. The predicted octanol–water partition coefficient (Wildman–Crippen LogP) is 2.74. The molecule has 0 atom stereocenters. The zero-order chi connectivity index (χ0) is 16.0. The van der Waals surface area contributed by atoms with Gasteiger partial charge in [-0.25, -0.2) is 9.97 Å². The molecule has 0 saturated heterocycles. The summed E-state index contributed by atoms with van der Waals surface area (Å²) in [6.07, 6.45) is 3.22. The molecule has 0 saturated carbocycles. The second-order valence-corrected chi connectivity index (χ2v) is 6.00. The van der Waals surface area contributed by atoms with Gasteiger partial charge in [-0.3, -0.25) is 9.36 Å². The van der Waals surface area contributed by atoms with Crippen molar-refractivity contribution in [3.8, 4) is 11.4 Å². The molecule has 0 unspecified atom stereocenters. The van der Waals surface area contributed by atoms with Crippen LogP contribution in [0.3, 0.4) is 0 Å². The number of thiophene rings is 1. The van der Waals surface area contributed by atoms with E-state index in [9.17, 15) is 9.90 Å². The minimum absolute atomic E-state index is 0.147. The SMILES string of the molecule is CNc1ccnc2sc3c(=O)n(-c4ccc(O)cc4)cnc3c12. The number of aromatic nitrogens is 3. The lowest BCUT2D eigenvalue weighted by Crippen LogP contribution is -2.17. The fraction of sp³-hybridized carbons (Fsp3) is 0.0625. The maximum atomic E-state index is 12.8. The van der Waals surface area contributed by atoms with Crippen molar-refractivity contribution in [2.24, 2.45) is 0 Å². The number of hydrogen-bond donors (Lipinski definition) is 2. The van der Waals surface area contributed by atoms with Gasteiger partial charge < -0.3 is 10.4 Å². The first-order valence-corrected chi connectivity index (χ1v) is 7.76. The van der Waals surface area contributed by atoms with Gasteiger partial charge in [0.05, 0.1) is 16.6 Å². The van der Waals surface area contributed by atoms with Crippen molar-refractivity contribution >= 4 is 37.5 Å². The number of nitrogens with zero attached hydrogens (tertiary/aromatic N) is 3. The van der Waals surface area contributed by atoms with Gasteiger partial charge in [0, 0.05) is 18.9 Å². The first-order chi connectivity index (χ1) is 11.2. The summed E-state index contributed by atoms with van der Waals surface area (Å²) >= 11 is 1.33. The van der Waals surface area contributed by atoms with Crippen LogP contribution in [0.5, 0.6) is 5.75 Å². The van der Waals surface area contributed by atoms with Crippen LogP contribution < -0.4 is 10.9 Å². The molecule has 0 bridgehead atoms. The van der Waals surface area contributed by atoms with Crippen LogP contribution in [0.2, 0.25) is 0 Å². The van der Waals surface area contributed by atoms with Gasteiger partial charge in [0.15, 0.2) is 0 Å². The van der Waals surface area contributed by atoms with Gasteiger partial charge in [-0.15, -0.1) is 11.3 Å². The first-order valence-electron chi connectivity index (χ1n) is 6.95. The maximum Gasteiger partial charge on any atom is 0.275 e. The van der Waals surface area contributed by atoms with Crippen LogP contribution in [-0.4, -0.2) is 26.7 Å². The van der Waals surface area contributed by atoms with Gasteiger partial charge in [-0.1, -0.05) is 0 Å². The van der Waals surface area contributed by atoms with E-state index in [1.54, 1.807) is 18.3 Å². The molecular formula is C16H12N4O2S. The molecule has 114 valence electrons. The van der Waals surface area contributed by atoms with Crippen LogP contribution in [0.25, 0.3) is 26.1 Å². The first kappa shape index (κ1) is 13.7. The Bertz CT molecular complexity index is 1080. The van der Waals surface area contributed by atoms with E-state index < -0.39 is 0 Å². The Morgan fingerprint density at radius 1 is 1.17 bits per heavy atom. The fourth-order valence-electron chi connectivity index (χ4n) is 2.56. The molecule has 0 aliphatic heterocycles. The summed E-state index contributed by atoms with van der Waals surface area (Å²) in [6, 6.07) is 8.29. The lowest BCUT2D eigenvalue weighted by molar-refractivity contribution is 0.475. The molecule has 3 heterocycles. The van der Waals surface area contributed by atoms with E-state index in [4.69, 9.17) is 0 Å². The Balaban J connectivity index is 2.04. The summed E-state index contributed by atoms with van der Waals surface area (Å²) in [7, 11) is 1.83. The summed E-state index contributed by atoms with van der Waals surface area (Å²) in [5.74, 6) is 0.153. The fourth-order valence-corrected chi connectivity index (χ4v) is 3.61. The van der Waals surface area contributed by atoms with Crippen LogP contribution in [0, 0.1) is 0 Å². The lowest BCUT2D eigenvalue weighted by atomic mass is 10.2. The predicted molar refractivity (Wildman–Crippen MR) is 91.7 cm³/mol. The van der Waals surface area contributed by atoms with E-state index in [0.717, 1.165) is 15.9 Å². The normalized spacial score (nSPS) is 11.2. The Hall–Kier alpha value is -2.93. The largest absolute Gasteiger partial charge is 0.508 e. The molecule has 0 fully saturated rings. The van der Waals surface area contributed by atoms with E-state index in [1.807, 2.05) is 13.1 Å². The quantitative estimate of drug-likeness (QED) is 0.592. The molecule has 7 heteroatoms. The van der Waals surface area contributed by atoms with Gasteiger partial charge in [0.25, 0.3) is 5.56 Å². The molecular weight excluding hydrogens is 312 g/mol. The van der Waals surface area contributed by atoms with Crippen molar-refractivity contribution in [3.63, 3.8) is 0 Å². The highest BCUT2D eigenvalue weighted by Crippen LogP contribution is 2.33. The number of rotatable bonds is 2. The second kappa shape index (κ2) is 5.06. The number of benzene rings is 1. The van der Waals surface area contributed by atoms with E-state index >= 15 is 0 Å². The van der Waals surface area contributed by atoms with E-state index in [-0.39, 0.29) is 11.3 Å². The van der Waals surface area contributed by atoms with E-state index in [1.165, 1.54) is 34.4 Å². The standard InChI is InChI=1S/C16H12N4O2S/c1-17-11-6-7-18-15-12(11)13-14(23-15)16(22)20(8-19-13)9-2-4-10(21)5-3-9/h2-8,21H,1H3,(H,17,18). The molecule has 0 radical (unpaired) electrons. The van der Waals surface area contributed by atoms with Crippen molar-refractivity contribution in [2.45, 2.75) is 0 Å². The number of hydrogen-bond acceptors (Lipinski definition) is 6. The van der Waals surface area contributed by atoms with Crippen LogP contribution >= 0.6 is 11.3 Å². The third kappa shape index (κ3) is 2.05. The van der Waals surface area contributed by atoms with Gasteiger partial charge in [0.2, 0.25) is 0 Å². The average Bonchev–Trinajstić information content (AvgIpc) is 2.96. The average molecular weight is 324 g/mol. The number of nitrogens with one attached hydrogen (secondary N) is 1.